The molecule has 0 saturated carbocycles. The van der Waals surface area contributed by atoms with Crippen LogP contribution in [0.5, 0.6) is 5.75 Å². The number of carbonyl (C=O) groups excluding carboxylic acids is 1. The fourth-order valence-corrected chi connectivity index (χ4v) is 4.10. The molecular weight excluding hydrogens is 410 g/mol. The van der Waals surface area contributed by atoms with Crippen LogP contribution in [0.1, 0.15) is 29.7 Å². The molecule has 1 aliphatic heterocycles. The number of hydrogen-bond acceptors (Lipinski definition) is 6. The molecular formula is C23H25N5O2S. The zero-order valence-corrected chi connectivity index (χ0v) is 19.0. The van der Waals surface area contributed by atoms with Crippen LogP contribution in [0, 0.1) is 13.8 Å². The Bertz CT molecular complexity index is 1170. The van der Waals surface area contributed by atoms with E-state index in [0.717, 1.165) is 33.8 Å². The number of nitrogens with one attached hydrogen (secondary N) is 2. The third-order valence-corrected chi connectivity index (χ3v) is 5.86. The van der Waals surface area contributed by atoms with Crippen LogP contribution >= 0.6 is 11.8 Å². The number of aryl methyl sites for hydroxylation is 2. The van der Waals surface area contributed by atoms with E-state index >= 15 is 0 Å². The molecule has 3 aromatic rings. The van der Waals surface area contributed by atoms with Gasteiger partial charge in [-0.2, -0.15) is 4.98 Å². The summed E-state index contributed by atoms with van der Waals surface area (Å²) >= 11 is 1.46. The summed E-state index contributed by atoms with van der Waals surface area (Å²) in [5.74, 6) is 1.19. The Kier molecular flexibility index (Phi) is 5.73. The van der Waals surface area contributed by atoms with Gasteiger partial charge in [0, 0.05) is 11.4 Å². The van der Waals surface area contributed by atoms with Gasteiger partial charge in [-0.3, -0.25) is 4.79 Å². The molecule has 1 unspecified atom stereocenters. The van der Waals surface area contributed by atoms with Crippen LogP contribution in [0.15, 0.2) is 58.9 Å². The first-order valence-corrected chi connectivity index (χ1v) is 11.1. The number of hydrogen-bond donors (Lipinski definition) is 2. The second-order valence-corrected chi connectivity index (χ2v) is 8.25. The maximum Gasteiger partial charge on any atom is 0.255 e. The quantitative estimate of drug-likeness (QED) is 0.572. The van der Waals surface area contributed by atoms with Gasteiger partial charge in [-0.15, -0.1) is 5.10 Å². The first-order chi connectivity index (χ1) is 14.9. The van der Waals surface area contributed by atoms with Crippen molar-refractivity contribution in [2.24, 2.45) is 0 Å². The van der Waals surface area contributed by atoms with Crippen molar-refractivity contribution in [3.05, 3.63) is 70.4 Å². The summed E-state index contributed by atoms with van der Waals surface area (Å²) in [4.78, 5) is 18.1. The minimum absolute atomic E-state index is 0.176. The SMILES string of the molecule is COc1ccc(C2C(C(=O)Nc3ccc(C)cc3C)=C(C)Nc3nc(SC)nn32)cc1. The van der Waals surface area contributed by atoms with Gasteiger partial charge < -0.3 is 15.4 Å². The van der Waals surface area contributed by atoms with Crippen LogP contribution in [0.2, 0.25) is 0 Å². The first kappa shape index (κ1) is 21.0. The zero-order valence-electron chi connectivity index (χ0n) is 18.2. The van der Waals surface area contributed by atoms with Crippen molar-refractivity contribution < 1.29 is 9.53 Å². The molecule has 0 bridgehead atoms. The van der Waals surface area contributed by atoms with Crippen LogP contribution in [0.3, 0.4) is 0 Å². The molecule has 8 heteroatoms. The molecule has 0 fully saturated rings. The van der Waals surface area contributed by atoms with Gasteiger partial charge >= 0.3 is 0 Å². The number of thioether (sulfide) groups is 1. The molecule has 160 valence electrons. The van der Waals surface area contributed by atoms with Crippen LogP contribution in [-0.2, 0) is 4.79 Å². The van der Waals surface area contributed by atoms with Crippen LogP contribution < -0.4 is 15.4 Å². The Morgan fingerprint density at radius 1 is 1.16 bits per heavy atom. The molecule has 0 spiro atoms. The van der Waals surface area contributed by atoms with Gasteiger partial charge in [0.25, 0.3) is 5.91 Å². The average molecular weight is 436 g/mol. The van der Waals surface area contributed by atoms with E-state index in [9.17, 15) is 4.79 Å². The van der Waals surface area contributed by atoms with E-state index in [-0.39, 0.29) is 5.91 Å². The number of fused-ring (bicyclic) bond motifs is 1. The van der Waals surface area contributed by atoms with Crippen molar-refractivity contribution in [3.8, 4) is 5.75 Å². The second kappa shape index (κ2) is 8.47. The Hall–Kier alpha value is -3.26. The highest BCUT2D eigenvalue weighted by Gasteiger charge is 2.34. The number of rotatable bonds is 5. The van der Waals surface area contributed by atoms with Gasteiger partial charge in [-0.1, -0.05) is 41.6 Å². The predicted molar refractivity (Wildman–Crippen MR) is 124 cm³/mol. The minimum atomic E-state index is -0.415. The van der Waals surface area contributed by atoms with Gasteiger partial charge in [0.15, 0.2) is 0 Å². The average Bonchev–Trinajstić information content (AvgIpc) is 3.17. The van der Waals surface area contributed by atoms with Gasteiger partial charge in [0.1, 0.15) is 11.8 Å². The van der Waals surface area contributed by atoms with Crippen molar-refractivity contribution in [3.63, 3.8) is 0 Å². The maximum absolute atomic E-state index is 13.5. The number of nitrogens with zero attached hydrogens (tertiary/aromatic N) is 3. The van der Waals surface area contributed by atoms with E-state index < -0.39 is 6.04 Å². The lowest BCUT2D eigenvalue weighted by molar-refractivity contribution is -0.113. The van der Waals surface area contributed by atoms with E-state index in [1.54, 1.807) is 11.8 Å². The van der Waals surface area contributed by atoms with Crippen molar-refractivity contribution >= 4 is 29.3 Å². The summed E-state index contributed by atoms with van der Waals surface area (Å²) in [7, 11) is 1.63. The van der Waals surface area contributed by atoms with E-state index in [4.69, 9.17) is 4.74 Å². The molecule has 1 atom stereocenters. The maximum atomic E-state index is 13.5. The number of allylic oxidation sites excluding steroid dienone is 1. The molecule has 0 saturated heterocycles. The normalized spacial score (nSPS) is 15.3. The topological polar surface area (TPSA) is 81.1 Å². The van der Waals surface area contributed by atoms with Crippen molar-refractivity contribution in [2.45, 2.75) is 32.0 Å². The lowest BCUT2D eigenvalue weighted by Gasteiger charge is -2.29. The molecule has 2 N–H and O–H groups in total. The molecule has 2 heterocycles. The Morgan fingerprint density at radius 3 is 2.55 bits per heavy atom. The summed E-state index contributed by atoms with van der Waals surface area (Å²) in [5, 5.41) is 11.6. The van der Waals surface area contributed by atoms with Crippen LogP contribution in [0.4, 0.5) is 11.6 Å². The molecule has 1 aromatic heterocycles. The molecule has 4 rings (SSSR count). The smallest absolute Gasteiger partial charge is 0.255 e. The first-order valence-electron chi connectivity index (χ1n) is 9.92. The molecule has 7 nitrogen and oxygen atoms in total. The lowest BCUT2D eigenvalue weighted by atomic mass is 9.94. The van der Waals surface area contributed by atoms with E-state index in [1.165, 1.54) is 11.8 Å². The number of methoxy groups -OCH3 is 1. The fraction of sp³-hybridized carbons (Fsp3) is 0.261. The molecule has 2 aromatic carbocycles. The van der Waals surface area contributed by atoms with Gasteiger partial charge in [0.05, 0.1) is 12.7 Å². The number of carbonyl (C=O) groups is 1. The monoisotopic (exact) mass is 435 g/mol. The fourth-order valence-electron chi connectivity index (χ4n) is 3.75. The van der Waals surface area contributed by atoms with Gasteiger partial charge in [-0.05, 0) is 56.4 Å². The van der Waals surface area contributed by atoms with Crippen LogP contribution in [0.25, 0.3) is 0 Å². The highest BCUT2D eigenvalue weighted by molar-refractivity contribution is 7.98. The third kappa shape index (κ3) is 4.03. The molecule has 31 heavy (non-hydrogen) atoms. The second-order valence-electron chi connectivity index (χ2n) is 7.48. The van der Waals surface area contributed by atoms with E-state index in [2.05, 4.69) is 26.8 Å². The highest BCUT2D eigenvalue weighted by Crippen LogP contribution is 2.37. The van der Waals surface area contributed by atoms with E-state index in [1.807, 2.05) is 63.4 Å². The number of anilines is 2. The Morgan fingerprint density at radius 2 is 1.90 bits per heavy atom. The number of benzene rings is 2. The molecule has 0 aliphatic carbocycles. The van der Waals surface area contributed by atoms with Crippen molar-refractivity contribution in [1.82, 2.24) is 14.8 Å². The molecule has 0 radical (unpaired) electrons. The standard InChI is InChI=1S/C23H25N5O2S/c1-13-6-11-18(14(2)12-13)25-21(29)19-15(3)24-22-26-23(31-5)27-28(22)20(19)16-7-9-17(30-4)10-8-16/h6-12,20H,1-5H3,(H,25,29)(H,24,26,27). The van der Waals surface area contributed by atoms with Gasteiger partial charge in [-0.25, -0.2) is 4.68 Å². The Balaban J connectivity index is 1.78. The van der Waals surface area contributed by atoms with Crippen molar-refractivity contribution in [2.75, 3.05) is 24.0 Å². The lowest BCUT2D eigenvalue weighted by Crippen LogP contribution is -2.31. The summed E-state index contributed by atoms with van der Waals surface area (Å²) in [6.45, 7) is 5.92. The molecule has 1 aliphatic rings. The van der Waals surface area contributed by atoms with E-state index in [0.29, 0.717) is 16.7 Å². The number of ether oxygens (including phenoxy) is 1. The predicted octanol–water partition coefficient (Wildman–Crippen LogP) is 4.55. The van der Waals surface area contributed by atoms with Crippen LogP contribution in [-0.4, -0.2) is 34.0 Å². The number of aromatic nitrogens is 3. The summed E-state index contributed by atoms with van der Waals surface area (Å²) in [5.41, 5.74) is 5.22. The minimum Gasteiger partial charge on any atom is -0.497 e. The summed E-state index contributed by atoms with van der Waals surface area (Å²) in [6.07, 6.45) is 1.93. The highest BCUT2D eigenvalue weighted by atomic mass is 32.2. The summed E-state index contributed by atoms with van der Waals surface area (Å²) < 4.78 is 7.08. The summed E-state index contributed by atoms with van der Waals surface area (Å²) in [6, 6.07) is 13.2. The van der Waals surface area contributed by atoms with Gasteiger partial charge in [0.2, 0.25) is 11.1 Å². The van der Waals surface area contributed by atoms with Crippen molar-refractivity contribution in [1.29, 1.82) is 0 Å². The molecule has 1 amide bonds. The largest absolute Gasteiger partial charge is 0.497 e. The zero-order chi connectivity index (χ0) is 22.1. The third-order valence-electron chi connectivity index (χ3n) is 5.32. The number of amides is 1. The Labute approximate surface area is 185 Å².